The number of aryl methyl sites for hydroxylation is 1. The quantitative estimate of drug-likeness (QED) is 0.313. The third kappa shape index (κ3) is 4.87. The number of carbonyl (C=O) groups is 1. The molecule has 2 aliphatic rings. The standard InChI is InChI=1S/C30H33ClN8O/c1-19-5-4-10-39(16-19)17-21-11-25(36-27-24(31)15-33-26(21)27)28(40)35-23-7-3-6-22(12-23)30(13-20(14-30)8-9-32)29-37-34-18-38(29)2/h3,6-7,11-12,15,18-20,33H,4-5,8,10,13-14,16-17H2,1-2H3,(H,35,40)/t19-,20?,30?/m0/s1. The molecule has 2 N–H and O–H groups in total. The van der Waals surface area contributed by atoms with Crippen LogP contribution in [0.25, 0.3) is 11.0 Å². The molecule has 1 saturated heterocycles. The van der Waals surface area contributed by atoms with Gasteiger partial charge in [-0.1, -0.05) is 30.7 Å². The number of H-pyrrole nitrogens is 1. The first-order chi connectivity index (χ1) is 19.4. The van der Waals surface area contributed by atoms with Gasteiger partial charge in [-0.25, -0.2) is 4.98 Å². The van der Waals surface area contributed by atoms with Gasteiger partial charge in [-0.05, 0) is 73.4 Å². The molecule has 9 nitrogen and oxygen atoms in total. The predicted molar refractivity (Wildman–Crippen MR) is 154 cm³/mol. The first-order valence-electron chi connectivity index (χ1n) is 13.9. The van der Waals surface area contributed by atoms with Crippen LogP contribution < -0.4 is 5.32 Å². The lowest BCUT2D eigenvalue weighted by Gasteiger charge is -2.46. The van der Waals surface area contributed by atoms with Gasteiger partial charge in [-0.3, -0.25) is 9.69 Å². The number of rotatable bonds is 7. The molecule has 40 heavy (non-hydrogen) atoms. The van der Waals surface area contributed by atoms with E-state index in [9.17, 15) is 10.1 Å². The Kier molecular flexibility index (Phi) is 7.07. The summed E-state index contributed by atoms with van der Waals surface area (Å²) in [5, 5.41) is 21.3. The van der Waals surface area contributed by atoms with E-state index in [1.807, 2.05) is 35.9 Å². The molecule has 1 aliphatic heterocycles. The van der Waals surface area contributed by atoms with Gasteiger partial charge in [0.1, 0.15) is 23.4 Å². The number of fused-ring (bicyclic) bond motifs is 1. The fraction of sp³-hybridized carbons (Fsp3) is 0.433. The molecule has 0 spiro atoms. The van der Waals surface area contributed by atoms with Crippen molar-refractivity contribution in [2.45, 2.75) is 51.0 Å². The number of likely N-dealkylation sites (tertiary alicyclic amines) is 1. The second-order valence-corrected chi connectivity index (χ2v) is 11.9. The maximum absolute atomic E-state index is 13.5. The van der Waals surface area contributed by atoms with Crippen molar-refractivity contribution >= 4 is 34.2 Å². The Balaban J connectivity index is 1.28. The van der Waals surface area contributed by atoms with Crippen molar-refractivity contribution in [3.63, 3.8) is 0 Å². The number of hydrogen-bond acceptors (Lipinski definition) is 6. The number of pyridine rings is 1. The zero-order chi connectivity index (χ0) is 27.9. The van der Waals surface area contributed by atoms with Crippen LogP contribution in [0.2, 0.25) is 5.02 Å². The molecule has 0 bridgehead atoms. The monoisotopic (exact) mass is 556 g/mol. The third-order valence-electron chi connectivity index (χ3n) is 8.50. The highest BCUT2D eigenvalue weighted by Gasteiger charge is 2.49. The molecular formula is C30H33ClN8O. The molecule has 2 fully saturated rings. The Hall–Kier alpha value is -3.74. The Labute approximate surface area is 238 Å². The largest absolute Gasteiger partial charge is 0.358 e. The maximum atomic E-state index is 13.5. The van der Waals surface area contributed by atoms with Crippen LogP contribution in [0.5, 0.6) is 0 Å². The molecule has 3 aromatic heterocycles. The van der Waals surface area contributed by atoms with Gasteiger partial charge in [0, 0.05) is 38.4 Å². The Morgan fingerprint density at radius 1 is 1.32 bits per heavy atom. The number of benzene rings is 1. The van der Waals surface area contributed by atoms with Crippen LogP contribution in [0, 0.1) is 23.2 Å². The topological polar surface area (TPSA) is 116 Å². The van der Waals surface area contributed by atoms with E-state index < -0.39 is 0 Å². The molecule has 0 radical (unpaired) electrons. The van der Waals surface area contributed by atoms with E-state index in [1.54, 1.807) is 12.5 Å². The number of nitrogens with one attached hydrogen (secondary N) is 2. The van der Waals surface area contributed by atoms with Crippen molar-refractivity contribution in [1.82, 2.24) is 29.6 Å². The fourth-order valence-corrected chi connectivity index (χ4v) is 6.79. The van der Waals surface area contributed by atoms with Gasteiger partial charge >= 0.3 is 0 Å². The maximum Gasteiger partial charge on any atom is 0.274 e. The molecule has 4 aromatic rings. The zero-order valence-corrected chi connectivity index (χ0v) is 23.6. The number of nitrogens with zero attached hydrogens (tertiary/aromatic N) is 6. The number of nitriles is 1. The average Bonchev–Trinajstić information content (AvgIpc) is 3.52. The minimum Gasteiger partial charge on any atom is -0.358 e. The Morgan fingerprint density at radius 2 is 2.17 bits per heavy atom. The second-order valence-electron chi connectivity index (χ2n) is 11.5. The van der Waals surface area contributed by atoms with Gasteiger partial charge in [0.15, 0.2) is 0 Å². The molecule has 1 saturated carbocycles. The number of halogens is 1. The summed E-state index contributed by atoms with van der Waals surface area (Å²) in [7, 11) is 1.94. The number of aromatic amines is 1. The Bertz CT molecular complexity index is 1590. The SMILES string of the molecule is C[C@H]1CCCN(Cc2cc(C(=O)Nc3cccc(C4(c5nncn5C)CC(CC#N)C4)c3)nc3c(Cl)c[nH]c23)C1. The van der Waals surface area contributed by atoms with Gasteiger partial charge in [-0.2, -0.15) is 5.26 Å². The number of aromatic nitrogens is 5. The summed E-state index contributed by atoms with van der Waals surface area (Å²) in [5.74, 6) is 1.55. The fourth-order valence-electron chi connectivity index (χ4n) is 6.60. The van der Waals surface area contributed by atoms with Gasteiger partial charge in [0.25, 0.3) is 5.91 Å². The summed E-state index contributed by atoms with van der Waals surface area (Å²) in [6.45, 7) is 5.10. The predicted octanol–water partition coefficient (Wildman–Crippen LogP) is 5.44. The van der Waals surface area contributed by atoms with Crippen LogP contribution in [0.4, 0.5) is 5.69 Å². The highest BCUT2D eigenvalue weighted by molar-refractivity contribution is 6.35. The average molecular weight is 557 g/mol. The highest BCUT2D eigenvalue weighted by atomic mass is 35.5. The molecule has 1 aliphatic carbocycles. The normalized spacial score (nSPS) is 23.1. The molecular weight excluding hydrogens is 524 g/mol. The van der Waals surface area contributed by atoms with E-state index in [-0.39, 0.29) is 11.3 Å². The Morgan fingerprint density at radius 3 is 2.92 bits per heavy atom. The number of anilines is 1. The van der Waals surface area contributed by atoms with Crippen molar-refractivity contribution in [3.8, 4) is 6.07 Å². The van der Waals surface area contributed by atoms with Crippen LogP contribution in [0.15, 0.2) is 42.9 Å². The van der Waals surface area contributed by atoms with Crippen LogP contribution in [0.1, 0.15) is 66.5 Å². The summed E-state index contributed by atoms with van der Waals surface area (Å²) in [4.78, 5) is 23.9. The van der Waals surface area contributed by atoms with Gasteiger partial charge in [-0.15, -0.1) is 10.2 Å². The lowest BCUT2D eigenvalue weighted by Crippen LogP contribution is -2.44. The van der Waals surface area contributed by atoms with Crippen LogP contribution in [-0.2, 0) is 19.0 Å². The van der Waals surface area contributed by atoms with Crippen molar-refractivity contribution in [3.05, 3.63) is 70.5 Å². The van der Waals surface area contributed by atoms with Gasteiger partial charge in [0.2, 0.25) is 0 Å². The molecule has 4 heterocycles. The smallest absolute Gasteiger partial charge is 0.274 e. The third-order valence-corrected chi connectivity index (χ3v) is 8.79. The molecule has 206 valence electrons. The summed E-state index contributed by atoms with van der Waals surface area (Å²) in [6.07, 6.45) is 8.01. The first-order valence-corrected chi connectivity index (χ1v) is 14.3. The first kappa shape index (κ1) is 26.5. The number of carbonyl (C=O) groups excluding carboxylic acids is 1. The summed E-state index contributed by atoms with van der Waals surface area (Å²) < 4.78 is 1.94. The summed E-state index contributed by atoms with van der Waals surface area (Å²) in [5.41, 5.74) is 4.23. The molecule has 0 unspecified atom stereocenters. The van der Waals surface area contributed by atoms with E-state index in [2.05, 4.69) is 49.4 Å². The van der Waals surface area contributed by atoms with E-state index >= 15 is 0 Å². The lowest BCUT2D eigenvalue weighted by atomic mass is 9.57. The summed E-state index contributed by atoms with van der Waals surface area (Å²) in [6, 6.07) is 12.1. The molecule has 1 atom stereocenters. The van der Waals surface area contributed by atoms with Crippen LogP contribution in [-0.4, -0.2) is 48.6 Å². The molecule has 10 heteroatoms. The van der Waals surface area contributed by atoms with Gasteiger partial charge < -0.3 is 14.9 Å². The molecule has 6 rings (SSSR count). The van der Waals surface area contributed by atoms with Crippen LogP contribution in [0.3, 0.4) is 0 Å². The minimum absolute atomic E-state index is 0.284. The zero-order valence-electron chi connectivity index (χ0n) is 22.8. The number of hydrogen-bond donors (Lipinski definition) is 2. The highest BCUT2D eigenvalue weighted by Crippen LogP contribution is 2.53. The van der Waals surface area contributed by atoms with Gasteiger partial charge in [0.05, 0.1) is 22.0 Å². The van der Waals surface area contributed by atoms with Crippen molar-refractivity contribution in [1.29, 1.82) is 5.26 Å². The van der Waals surface area contributed by atoms with E-state index in [4.69, 9.17) is 11.6 Å². The van der Waals surface area contributed by atoms with Crippen molar-refractivity contribution < 1.29 is 4.79 Å². The molecule has 1 amide bonds. The second kappa shape index (κ2) is 10.7. The number of amides is 1. The number of piperidine rings is 1. The van der Waals surface area contributed by atoms with Crippen molar-refractivity contribution in [2.24, 2.45) is 18.9 Å². The van der Waals surface area contributed by atoms with E-state index in [0.717, 1.165) is 54.9 Å². The molecule has 1 aromatic carbocycles. The summed E-state index contributed by atoms with van der Waals surface area (Å²) >= 11 is 6.46. The van der Waals surface area contributed by atoms with E-state index in [0.29, 0.717) is 40.2 Å². The lowest BCUT2D eigenvalue weighted by molar-refractivity contribution is 0.102. The van der Waals surface area contributed by atoms with Crippen molar-refractivity contribution in [2.75, 3.05) is 18.4 Å². The van der Waals surface area contributed by atoms with E-state index in [1.165, 1.54) is 12.8 Å². The van der Waals surface area contributed by atoms with Crippen LogP contribution >= 0.6 is 11.6 Å². The minimum atomic E-state index is -0.345.